The molecule has 2 rings (SSSR count). The van der Waals surface area contributed by atoms with Crippen LogP contribution in [0.15, 0.2) is 0 Å². The second kappa shape index (κ2) is 6.89. The van der Waals surface area contributed by atoms with Crippen molar-refractivity contribution in [2.45, 2.75) is 63.6 Å². The van der Waals surface area contributed by atoms with Gasteiger partial charge < -0.3 is 4.90 Å². The number of hydrogen-bond donors (Lipinski definition) is 1. The van der Waals surface area contributed by atoms with Crippen LogP contribution < -0.4 is 5.32 Å². The Balaban J connectivity index is 1.88. The quantitative estimate of drug-likeness (QED) is 0.805. The van der Waals surface area contributed by atoms with Crippen LogP contribution >= 0.6 is 0 Å². The molecule has 1 saturated carbocycles. The second-order valence-corrected chi connectivity index (χ2v) is 6.83. The fourth-order valence-corrected chi connectivity index (χ4v) is 3.18. The zero-order valence-corrected chi connectivity index (χ0v) is 13.4. The molecule has 1 aliphatic carbocycles. The van der Waals surface area contributed by atoms with E-state index in [-0.39, 0.29) is 5.54 Å². The molecule has 2 fully saturated rings. The molecule has 0 aromatic carbocycles. The van der Waals surface area contributed by atoms with Gasteiger partial charge in [-0.25, -0.2) is 0 Å². The van der Waals surface area contributed by atoms with Crippen molar-refractivity contribution in [1.29, 1.82) is 5.26 Å². The smallest absolute Gasteiger partial charge is 0.105 e. The molecule has 0 amide bonds. The predicted octanol–water partition coefficient (Wildman–Crippen LogP) is 1.83. The normalized spacial score (nSPS) is 28.6. The first-order chi connectivity index (χ1) is 9.56. The van der Waals surface area contributed by atoms with Crippen LogP contribution in [0.3, 0.4) is 0 Å². The third-order valence-corrected chi connectivity index (χ3v) is 4.74. The summed E-state index contributed by atoms with van der Waals surface area (Å²) in [5.74, 6) is 0. The number of likely N-dealkylation sites (N-methyl/N-ethyl adjacent to an activating group) is 1. The lowest BCUT2D eigenvalue weighted by Gasteiger charge is -2.33. The SMILES string of the molecule is CCC1CN(C)CCCN1CCC(C)(C#N)NC1CC1. The predicted molar refractivity (Wildman–Crippen MR) is 82.6 cm³/mol. The summed E-state index contributed by atoms with van der Waals surface area (Å²) in [5, 5.41) is 13.0. The van der Waals surface area contributed by atoms with Crippen molar-refractivity contribution >= 4 is 0 Å². The summed E-state index contributed by atoms with van der Waals surface area (Å²) in [6, 6.07) is 3.74. The van der Waals surface area contributed by atoms with E-state index in [1.807, 2.05) is 0 Å². The van der Waals surface area contributed by atoms with E-state index in [0.29, 0.717) is 12.1 Å². The minimum atomic E-state index is -0.350. The van der Waals surface area contributed by atoms with Crippen LogP contribution in [0.5, 0.6) is 0 Å². The van der Waals surface area contributed by atoms with Crippen molar-refractivity contribution in [3.63, 3.8) is 0 Å². The van der Waals surface area contributed by atoms with E-state index in [1.165, 1.54) is 38.8 Å². The molecule has 0 aromatic rings. The highest BCUT2D eigenvalue weighted by atomic mass is 15.2. The van der Waals surface area contributed by atoms with Crippen molar-refractivity contribution < 1.29 is 0 Å². The lowest BCUT2D eigenvalue weighted by atomic mass is 9.98. The standard InChI is InChI=1S/C16H30N4/c1-4-15-12-19(3)9-5-10-20(15)11-8-16(2,13-17)18-14-6-7-14/h14-15,18H,4-12H2,1-3H3. The first kappa shape index (κ1) is 15.8. The molecule has 114 valence electrons. The molecule has 1 N–H and O–H groups in total. The highest BCUT2D eigenvalue weighted by Crippen LogP contribution is 2.24. The number of nitriles is 1. The van der Waals surface area contributed by atoms with Gasteiger partial charge in [0, 0.05) is 25.2 Å². The van der Waals surface area contributed by atoms with Crippen LogP contribution in [0, 0.1) is 11.3 Å². The Morgan fingerprint density at radius 1 is 1.35 bits per heavy atom. The maximum Gasteiger partial charge on any atom is 0.105 e. The second-order valence-electron chi connectivity index (χ2n) is 6.83. The molecule has 2 atom stereocenters. The van der Waals surface area contributed by atoms with Gasteiger partial charge >= 0.3 is 0 Å². The summed E-state index contributed by atoms with van der Waals surface area (Å²) in [5.41, 5.74) is -0.350. The molecule has 0 aromatic heterocycles. The monoisotopic (exact) mass is 278 g/mol. The zero-order chi connectivity index (χ0) is 14.6. The van der Waals surface area contributed by atoms with E-state index in [1.54, 1.807) is 0 Å². The maximum absolute atomic E-state index is 9.47. The van der Waals surface area contributed by atoms with Crippen molar-refractivity contribution in [3.8, 4) is 6.07 Å². The van der Waals surface area contributed by atoms with Gasteiger partial charge in [0.2, 0.25) is 0 Å². The Labute approximate surface area is 124 Å². The molecule has 4 nitrogen and oxygen atoms in total. The molecule has 4 heteroatoms. The summed E-state index contributed by atoms with van der Waals surface area (Å²) < 4.78 is 0. The minimum Gasteiger partial charge on any atom is -0.305 e. The fraction of sp³-hybridized carbons (Fsp3) is 0.938. The number of hydrogen-bond acceptors (Lipinski definition) is 4. The Hall–Kier alpha value is -0.630. The van der Waals surface area contributed by atoms with Crippen LogP contribution in [0.25, 0.3) is 0 Å². The van der Waals surface area contributed by atoms with Gasteiger partial charge in [0.1, 0.15) is 5.54 Å². The van der Waals surface area contributed by atoms with E-state index < -0.39 is 0 Å². The van der Waals surface area contributed by atoms with Crippen LogP contribution in [-0.2, 0) is 0 Å². The summed E-state index contributed by atoms with van der Waals surface area (Å²) in [4.78, 5) is 5.05. The molecule has 0 bridgehead atoms. The molecular formula is C16H30N4. The van der Waals surface area contributed by atoms with Gasteiger partial charge in [-0.1, -0.05) is 6.92 Å². The van der Waals surface area contributed by atoms with E-state index in [4.69, 9.17) is 0 Å². The van der Waals surface area contributed by atoms with E-state index in [0.717, 1.165) is 19.5 Å². The third-order valence-electron chi connectivity index (χ3n) is 4.74. The molecule has 1 aliphatic heterocycles. The molecule has 1 saturated heterocycles. The van der Waals surface area contributed by atoms with Crippen molar-refractivity contribution in [2.75, 3.05) is 33.2 Å². The summed E-state index contributed by atoms with van der Waals surface area (Å²) in [6.07, 6.45) is 5.85. The molecule has 1 heterocycles. The molecule has 0 radical (unpaired) electrons. The molecule has 2 unspecified atom stereocenters. The largest absolute Gasteiger partial charge is 0.305 e. The Morgan fingerprint density at radius 3 is 2.70 bits per heavy atom. The van der Waals surface area contributed by atoms with Crippen LogP contribution in [0.2, 0.25) is 0 Å². The Kier molecular flexibility index (Phi) is 5.42. The van der Waals surface area contributed by atoms with Gasteiger partial charge in [0.15, 0.2) is 0 Å². The first-order valence-corrected chi connectivity index (χ1v) is 8.18. The molecular weight excluding hydrogens is 248 g/mol. The highest BCUT2D eigenvalue weighted by Gasteiger charge is 2.33. The van der Waals surface area contributed by atoms with Gasteiger partial charge in [0.05, 0.1) is 6.07 Å². The summed E-state index contributed by atoms with van der Waals surface area (Å²) in [6.45, 7) is 8.92. The van der Waals surface area contributed by atoms with Gasteiger partial charge in [-0.05, 0) is 59.2 Å². The van der Waals surface area contributed by atoms with Crippen molar-refractivity contribution in [1.82, 2.24) is 15.1 Å². The van der Waals surface area contributed by atoms with Crippen molar-refractivity contribution in [3.05, 3.63) is 0 Å². The summed E-state index contributed by atoms with van der Waals surface area (Å²) in [7, 11) is 2.22. The number of nitrogens with one attached hydrogen (secondary N) is 1. The third kappa shape index (κ3) is 4.44. The number of nitrogens with zero attached hydrogens (tertiary/aromatic N) is 3. The van der Waals surface area contributed by atoms with Crippen LogP contribution in [0.4, 0.5) is 0 Å². The van der Waals surface area contributed by atoms with E-state index in [2.05, 4.69) is 42.1 Å². The van der Waals surface area contributed by atoms with Gasteiger partial charge in [0.25, 0.3) is 0 Å². The number of rotatable bonds is 6. The van der Waals surface area contributed by atoms with E-state index in [9.17, 15) is 5.26 Å². The highest BCUT2D eigenvalue weighted by molar-refractivity contribution is 5.07. The van der Waals surface area contributed by atoms with Crippen LogP contribution in [-0.4, -0.2) is 60.6 Å². The lowest BCUT2D eigenvalue weighted by molar-refractivity contribution is 0.170. The molecule has 0 spiro atoms. The molecule has 2 aliphatic rings. The van der Waals surface area contributed by atoms with Gasteiger partial charge in [-0.3, -0.25) is 10.2 Å². The van der Waals surface area contributed by atoms with Gasteiger partial charge in [-0.2, -0.15) is 5.26 Å². The maximum atomic E-state index is 9.47. The summed E-state index contributed by atoms with van der Waals surface area (Å²) >= 11 is 0. The van der Waals surface area contributed by atoms with E-state index >= 15 is 0 Å². The lowest BCUT2D eigenvalue weighted by Crippen LogP contribution is -2.47. The first-order valence-electron chi connectivity index (χ1n) is 8.18. The topological polar surface area (TPSA) is 42.3 Å². The Bertz CT molecular complexity index is 347. The minimum absolute atomic E-state index is 0.350. The van der Waals surface area contributed by atoms with Crippen molar-refractivity contribution in [2.24, 2.45) is 0 Å². The average molecular weight is 278 g/mol. The average Bonchev–Trinajstić information content (AvgIpc) is 3.24. The Morgan fingerprint density at radius 2 is 2.10 bits per heavy atom. The van der Waals surface area contributed by atoms with Gasteiger partial charge in [-0.15, -0.1) is 0 Å². The zero-order valence-electron chi connectivity index (χ0n) is 13.4. The fourth-order valence-electron chi connectivity index (χ4n) is 3.18. The molecule has 20 heavy (non-hydrogen) atoms. The van der Waals surface area contributed by atoms with Crippen LogP contribution in [0.1, 0.15) is 46.0 Å².